The maximum absolute atomic E-state index is 12.9. The number of esters is 1. The standard InChI is InChI=1S/C20H23NO4/c1-19(2,3)25-18(24)20(4,17(22)23)21(15-11-7-5-8-12-15)16-13-9-6-10-14-16/h5-14H,1-4H3,(H,22,23)/t20-/m0/s1. The van der Waals surface area contributed by atoms with Crippen molar-refractivity contribution >= 4 is 23.3 Å². The number of carboxylic acid groups (broad SMARTS) is 1. The highest BCUT2D eigenvalue weighted by molar-refractivity contribution is 6.09. The van der Waals surface area contributed by atoms with E-state index in [4.69, 9.17) is 4.74 Å². The summed E-state index contributed by atoms with van der Waals surface area (Å²) in [6.45, 7) is 6.50. The van der Waals surface area contributed by atoms with Gasteiger partial charge in [-0.1, -0.05) is 36.4 Å². The van der Waals surface area contributed by atoms with Gasteiger partial charge in [0.1, 0.15) is 5.60 Å². The van der Waals surface area contributed by atoms with E-state index in [2.05, 4.69) is 0 Å². The largest absolute Gasteiger partial charge is 0.479 e. The van der Waals surface area contributed by atoms with Crippen molar-refractivity contribution in [2.24, 2.45) is 0 Å². The van der Waals surface area contributed by atoms with Gasteiger partial charge in [0, 0.05) is 11.4 Å². The van der Waals surface area contributed by atoms with Crippen LogP contribution in [0.15, 0.2) is 60.7 Å². The van der Waals surface area contributed by atoms with Crippen LogP contribution in [0.2, 0.25) is 0 Å². The second kappa shape index (κ2) is 6.97. The van der Waals surface area contributed by atoms with Crippen LogP contribution in [0.3, 0.4) is 0 Å². The molecule has 0 spiro atoms. The maximum Gasteiger partial charge on any atom is 0.344 e. The summed E-state index contributed by atoms with van der Waals surface area (Å²) in [5.74, 6) is -2.10. The summed E-state index contributed by atoms with van der Waals surface area (Å²) in [4.78, 5) is 26.5. The maximum atomic E-state index is 12.9. The molecular weight excluding hydrogens is 318 g/mol. The van der Waals surface area contributed by atoms with Gasteiger partial charge in [-0.2, -0.15) is 0 Å². The third-order valence-electron chi connectivity index (χ3n) is 3.69. The third kappa shape index (κ3) is 3.99. The SMILES string of the molecule is CC(C)(C)OC(=O)[C@](C)(C(=O)O)N(c1ccccc1)c1ccccc1. The molecule has 2 aromatic rings. The number of carboxylic acids is 1. The van der Waals surface area contributed by atoms with Gasteiger partial charge in [-0.05, 0) is 52.0 Å². The van der Waals surface area contributed by atoms with Gasteiger partial charge in [-0.15, -0.1) is 0 Å². The number of ether oxygens (including phenoxy) is 1. The third-order valence-corrected chi connectivity index (χ3v) is 3.69. The molecule has 2 rings (SSSR count). The molecule has 2 aromatic carbocycles. The van der Waals surface area contributed by atoms with Crippen LogP contribution in [-0.2, 0) is 14.3 Å². The van der Waals surface area contributed by atoms with Crippen LogP contribution in [-0.4, -0.2) is 28.2 Å². The Kier molecular flexibility index (Phi) is 5.16. The van der Waals surface area contributed by atoms with Crippen molar-refractivity contribution in [3.63, 3.8) is 0 Å². The molecule has 5 nitrogen and oxygen atoms in total. The fourth-order valence-electron chi connectivity index (χ4n) is 2.47. The minimum Gasteiger partial charge on any atom is -0.479 e. The van der Waals surface area contributed by atoms with Crippen molar-refractivity contribution in [2.45, 2.75) is 38.8 Å². The van der Waals surface area contributed by atoms with Crippen LogP contribution in [0.1, 0.15) is 27.7 Å². The highest BCUT2D eigenvalue weighted by atomic mass is 16.6. The van der Waals surface area contributed by atoms with Crippen LogP contribution in [0.25, 0.3) is 0 Å². The van der Waals surface area contributed by atoms with E-state index in [1.54, 1.807) is 69.3 Å². The summed E-state index contributed by atoms with van der Waals surface area (Å²) in [6.07, 6.45) is 0. The molecule has 0 aliphatic carbocycles. The van der Waals surface area contributed by atoms with E-state index in [-0.39, 0.29) is 0 Å². The molecule has 0 aliphatic rings. The molecule has 0 radical (unpaired) electrons. The molecule has 0 aliphatic heterocycles. The molecule has 0 aromatic heterocycles. The lowest BCUT2D eigenvalue weighted by Crippen LogP contribution is -2.58. The zero-order valence-corrected chi connectivity index (χ0v) is 14.9. The topological polar surface area (TPSA) is 66.8 Å². The van der Waals surface area contributed by atoms with Gasteiger partial charge in [-0.3, -0.25) is 0 Å². The monoisotopic (exact) mass is 341 g/mol. The van der Waals surface area contributed by atoms with E-state index in [9.17, 15) is 14.7 Å². The molecule has 0 saturated heterocycles. The van der Waals surface area contributed by atoms with Crippen molar-refractivity contribution in [3.8, 4) is 0 Å². The van der Waals surface area contributed by atoms with Crippen molar-refractivity contribution < 1.29 is 19.4 Å². The second-order valence-electron chi connectivity index (χ2n) is 6.89. The zero-order valence-electron chi connectivity index (χ0n) is 14.9. The van der Waals surface area contributed by atoms with Crippen LogP contribution in [0.4, 0.5) is 11.4 Å². The minimum atomic E-state index is -1.92. The highest BCUT2D eigenvalue weighted by Gasteiger charge is 2.50. The number of carbonyl (C=O) groups excluding carboxylic acids is 1. The van der Waals surface area contributed by atoms with Gasteiger partial charge in [0.2, 0.25) is 5.54 Å². The minimum absolute atomic E-state index is 0.587. The van der Waals surface area contributed by atoms with Gasteiger partial charge < -0.3 is 14.7 Å². The summed E-state index contributed by atoms with van der Waals surface area (Å²) in [5, 5.41) is 9.95. The molecule has 1 N–H and O–H groups in total. The van der Waals surface area contributed by atoms with Crippen molar-refractivity contribution in [1.29, 1.82) is 0 Å². The van der Waals surface area contributed by atoms with Crippen LogP contribution >= 0.6 is 0 Å². The van der Waals surface area contributed by atoms with Gasteiger partial charge >= 0.3 is 11.9 Å². The Labute approximate surface area is 147 Å². The normalized spacial score (nSPS) is 13.6. The van der Waals surface area contributed by atoms with E-state index in [0.29, 0.717) is 11.4 Å². The Balaban J connectivity index is 2.63. The summed E-state index contributed by atoms with van der Waals surface area (Å²) in [6, 6.07) is 17.9. The van der Waals surface area contributed by atoms with Crippen molar-refractivity contribution in [3.05, 3.63) is 60.7 Å². The molecule has 0 heterocycles. The van der Waals surface area contributed by atoms with Crippen molar-refractivity contribution in [1.82, 2.24) is 0 Å². The number of benzene rings is 2. The average Bonchev–Trinajstić information content (AvgIpc) is 2.55. The van der Waals surface area contributed by atoms with E-state index in [0.717, 1.165) is 0 Å². The Morgan fingerprint density at radius 2 is 1.24 bits per heavy atom. The Morgan fingerprint density at radius 3 is 1.56 bits per heavy atom. The molecule has 132 valence electrons. The summed E-state index contributed by atoms with van der Waals surface area (Å²) < 4.78 is 5.43. The number of hydrogen-bond donors (Lipinski definition) is 1. The number of rotatable bonds is 5. The van der Waals surface area contributed by atoms with Crippen LogP contribution < -0.4 is 4.90 Å². The number of para-hydroxylation sites is 2. The second-order valence-corrected chi connectivity index (χ2v) is 6.89. The first-order chi connectivity index (χ1) is 11.7. The average molecular weight is 341 g/mol. The smallest absolute Gasteiger partial charge is 0.344 e. The predicted molar refractivity (Wildman–Crippen MR) is 96.9 cm³/mol. The molecule has 0 bridgehead atoms. The molecule has 1 atom stereocenters. The number of carbonyl (C=O) groups is 2. The zero-order chi connectivity index (χ0) is 18.7. The Hall–Kier alpha value is -2.82. The molecular formula is C20H23NO4. The fraction of sp³-hybridized carbons (Fsp3) is 0.300. The fourth-order valence-corrected chi connectivity index (χ4v) is 2.47. The Bertz CT molecular complexity index is 698. The molecule has 0 amide bonds. The number of aliphatic carboxylic acids is 1. The molecule has 25 heavy (non-hydrogen) atoms. The van der Waals surface area contributed by atoms with E-state index >= 15 is 0 Å². The van der Waals surface area contributed by atoms with Crippen molar-refractivity contribution in [2.75, 3.05) is 4.90 Å². The highest BCUT2D eigenvalue weighted by Crippen LogP contribution is 2.35. The first-order valence-corrected chi connectivity index (χ1v) is 8.03. The summed E-state index contributed by atoms with van der Waals surface area (Å²) >= 11 is 0. The van der Waals surface area contributed by atoms with E-state index < -0.39 is 23.1 Å². The first kappa shape index (κ1) is 18.5. The first-order valence-electron chi connectivity index (χ1n) is 8.03. The number of anilines is 2. The lowest BCUT2D eigenvalue weighted by molar-refractivity contribution is -0.167. The summed E-state index contributed by atoms with van der Waals surface area (Å²) in [7, 11) is 0. The van der Waals surface area contributed by atoms with Gasteiger partial charge in [0.05, 0.1) is 0 Å². The van der Waals surface area contributed by atoms with E-state index in [1.807, 2.05) is 12.1 Å². The molecule has 0 unspecified atom stereocenters. The van der Waals surface area contributed by atoms with Crippen LogP contribution in [0, 0.1) is 0 Å². The number of hydrogen-bond acceptors (Lipinski definition) is 4. The molecule has 5 heteroatoms. The number of nitrogens with zero attached hydrogens (tertiary/aromatic N) is 1. The predicted octanol–water partition coefficient (Wildman–Crippen LogP) is 4.01. The lowest BCUT2D eigenvalue weighted by Gasteiger charge is -2.39. The van der Waals surface area contributed by atoms with Gasteiger partial charge in [-0.25, -0.2) is 9.59 Å². The van der Waals surface area contributed by atoms with Crippen LogP contribution in [0.5, 0.6) is 0 Å². The quantitative estimate of drug-likeness (QED) is 0.657. The molecule has 0 saturated carbocycles. The van der Waals surface area contributed by atoms with E-state index in [1.165, 1.54) is 11.8 Å². The Morgan fingerprint density at radius 1 is 0.840 bits per heavy atom. The lowest BCUT2D eigenvalue weighted by atomic mass is 9.97. The summed E-state index contributed by atoms with van der Waals surface area (Å²) in [5.41, 5.74) is -1.54. The van der Waals surface area contributed by atoms with Gasteiger partial charge in [0.25, 0.3) is 0 Å². The van der Waals surface area contributed by atoms with Gasteiger partial charge in [0.15, 0.2) is 0 Å². The molecule has 0 fully saturated rings.